The van der Waals surface area contributed by atoms with Crippen LogP contribution in [0, 0.1) is 5.82 Å². The van der Waals surface area contributed by atoms with E-state index < -0.39 is 12.0 Å². The molecule has 3 aromatic rings. The predicted octanol–water partition coefficient (Wildman–Crippen LogP) is 6.97. The molecule has 1 atom stereocenters. The van der Waals surface area contributed by atoms with E-state index in [0.29, 0.717) is 22.4 Å². The summed E-state index contributed by atoms with van der Waals surface area (Å²) in [6.07, 6.45) is 0.0964. The number of ether oxygens (including phenoxy) is 1. The Morgan fingerprint density at radius 3 is 2.39 bits per heavy atom. The van der Waals surface area contributed by atoms with Crippen LogP contribution in [0.4, 0.5) is 4.39 Å². The smallest absolute Gasteiger partial charge is 0.338 e. The summed E-state index contributed by atoms with van der Waals surface area (Å²) in [7, 11) is 0. The zero-order chi connectivity index (χ0) is 28.9. The van der Waals surface area contributed by atoms with Gasteiger partial charge in [0, 0.05) is 12.2 Å². The zero-order valence-electron chi connectivity index (χ0n) is 23.3. The zero-order valence-corrected chi connectivity index (χ0v) is 24.1. The number of carbonyl (C=O) groups is 2. The molecule has 0 saturated carbocycles. The highest BCUT2D eigenvalue weighted by molar-refractivity contribution is 8.16. The molecule has 1 unspecified atom stereocenters. The molecule has 41 heavy (non-hydrogen) atoms. The van der Waals surface area contributed by atoms with Crippen LogP contribution in [-0.2, 0) is 27.5 Å². The average molecular weight is 570 g/mol. The van der Waals surface area contributed by atoms with Gasteiger partial charge in [0.1, 0.15) is 12.4 Å². The van der Waals surface area contributed by atoms with Crippen molar-refractivity contribution in [2.75, 3.05) is 0 Å². The third-order valence-electron chi connectivity index (χ3n) is 7.10. The van der Waals surface area contributed by atoms with E-state index in [1.54, 1.807) is 12.1 Å². The van der Waals surface area contributed by atoms with E-state index in [1.807, 2.05) is 59.7 Å². The number of amidine groups is 1. The van der Waals surface area contributed by atoms with E-state index >= 15 is 0 Å². The molecule has 1 amide bonds. The minimum Gasteiger partial charge on any atom is -0.457 e. The lowest BCUT2D eigenvalue weighted by atomic mass is 9.92. The first-order valence-corrected chi connectivity index (χ1v) is 14.4. The number of thioether (sulfide) groups is 1. The minimum atomic E-state index is -0.502. The van der Waals surface area contributed by atoms with Crippen LogP contribution in [0.2, 0.25) is 0 Å². The number of hydrogen-bond acceptors (Lipinski definition) is 6. The minimum absolute atomic E-state index is 0.0964. The van der Waals surface area contributed by atoms with Crippen molar-refractivity contribution in [1.82, 2.24) is 10.2 Å². The number of amides is 1. The Balaban J connectivity index is 1.40. The summed E-state index contributed by atoms with van der Waals surface area (Å²) in [6.45, 7) is 6.54. The van der Waals surface area contributed by atoms with Gasteiger partial charge in [0.05, 0.1) is 23.7 Å². The van der Waals surface area contributed by atoms with Gasteiger partial charge >= 0.3 is 5.97 Å². The molecule has 1 N–H and O–H groups in total. The van der Waals surface area contributed by atoms with Crippen LogP contribution in [0.15, 0.2) is 106 Å². The van der Waals surface area contributed by atoms with Crippen molar-refractivity contribution in [3.05, 3.63) is 129 Å². The molecule has 2 heterocycles. The molecule has 0 spiro atoms. The first-order chi connectivity index (χ1) is 19.8. The fourth-order valence-corrected chi connectivity index (χ4v) is 5.80. The van der Waals surface area contributed by atoms with E-state index in [0.717, 1.165) is 22.4 Å². The van der Waals surface area contributed by atoms with Gasteiger partial charge in [-0.25, -0.2) is 14.2 Å². The maximum atomic E-state index is 13.6. The number of nitrogens with one attached hydrogen (secondary N) is 1. The number of esters is 1. The molecular formula is C33H32FN3O3S. The molecule has 210 valence electrons. The fourth-order valence-electron chi connectivity index (χ4n) is 4.84. The van der Waals surface area contributed by atoms with Crippen molar-refractivity contribution in [2.24, 2.45) is 4.99 Å². The number of nitrogens with zero attached hydrogens (tertiary/aromatic N) is 2. The molecule has 0 aliphatic carbocycles. The first kappa shape index (κ1) is 28.4. The van der Waals surface area contributed by atoms with E-state index in [4.69, 9.17) is 9.73 Å². The SMILES string of the molecule is CC1=C(C(=O)OCc2ccccc2)C(c2ccc(C(C)C)cc2)N2C(CC(=O)NCc3ccc(F)cc3)=CSC2=N1. The highest BCUT2D eigenvalue weighted by Gasteiger charge is 2.41. The van der Waals surface area contributed by atoms with Crippen molar-refractivity contribution < 1.29 is 18.7 Å². The van der Waals surface area contributed by atoms with E-state index in [1.165, 1.54) is 29.5 Å². The average Bonchev–Trinajstić information content (AvgIpc) is 3.37. The number of aliphatic imine (C=N–C) groups is 1. The van der Waals surface area contributed by atoms with Gasteiger partial charge in [-0.3, -0.25) is 4.79 Å². The highest BCUT2D eigenvalue weighted by Crippen LogP contribution is 2.45. The highest BCUT2D eigenvalue weighted by atomic mass is 32.2. The number of halogens is 1. The lowest BCUT2D eigenvalue weighted by Gasteiger charge is -2.36. The molecule has 0 fully saturated rings. The van der Waals surface area contributed by atoms with Gasteiger partial charge in [-0.15, -0.1) is 0 Å². The molecule has 0 aromatic heterocycles. The van der Waals surface area contributed by atoms with Crippen molar-refractivity contribution in [2.45, 2.75) is 52.3 Å². The molecular weight excluding hydrogens is 537 g/mol. The first-order valence-electron chi connectivity index (χ1n) is 13.6. The summed E-state index contributed by atoms with van der Waals surface area (Å²) in [4.78, 5) is 33.4. The number of hydrogen-bond donors (Lipinski definition) is 1. The summed E-state index contributed by atoms with van der Waals surface area (Å²) < 4.78 is 19.0. The second-order valence-electron chi connectivity index (χ2n) is 10.4. The van der Waals surface area contributed by atoms with Crippen LogP contribution in [0.25, 0.3) is 0 Å². The Labute approximate surface area is 244 Å². The lowest BCUT2D eigenvalue weighted by Crippen LogP contribution is -2.38. The molecule has 5 rings (SSSR count). The number of benzene rings is 3. The van der Waals surface area contributed by atoms with Crippen molar-refractivity contribution in [1.29, 1.82) is 0 Å². The van der Waals surface area contributed by atoms with Gasteiger partial charge in [0.25, 0.3) is 0 Å². The normalized spacial score (nSPS) is 16.3. The number of fused-ring (bicyclic) bond motifs is 1. The number of carbonyl (C=O) groups excluding carboxylic acids is 2. The summed E-state index contributed by atoms with van der Waals surface area (Å²) in [5.41, 5.74) is 5.58. The second-order valence-corrected chi connectivity index (χ2v) is 11.2. The van der Waals surface area contributed by atoms with Crippen LogP contribution >= 0.6 is 11.8 Å². The molecule has 2 aliphatic heterocycles. The monoisotopic (exact) mass is 569 g/mol. The molecule has 0 radical (unpaired) electrons. The van der Waals surface area contributed by atoms with Gasteiger partial charge in [-0.1, -0.05) is 92.3 Å². The maximum Gasteiger partial charge on any atom is 0.338 e. The quantitative estimate of drug-likeness (QED) is 0.282. The van der Waals surface area contributed by atoms with Gasteiger partial charge in [-0.05, 0) is 52.6 Å². The summed E-state index contributed by atoms with van der Waals surface area (Å²) in [5, 5.41) is 5.54. The van der Waals surface area contributed by atoms with Gasteiger partial charge in [0.15, 0.2) is 5.17 Å². The standard InChI is InChI=1S/C33H32FN3O3S/c1-21(2)25-11-13-26(14-12-25)31-30(32(39)40-19-24-7-5-4-6-8-24)22(3)36-33-37(31)28(20-41-33)17-29(38)35-18-23-9-15-27(34)16-10-23/h4-16,20-21,31H,17-19H2,1-3H3,(H,35,38). The van der Waals surface area contributed by atoms with Crippen LogP contribution < -0.4 is 5.32 Å². The largest absolute Gasteiger partial charge is 0.457 e. The van der Waals surface area contributed by atoms with E-state index in [9.17, 15) is 14.0 Å². The van der Waals surface area contributed by atoms with Crippen molar-refractivity contribution in [3.8, 4) is 0 Å². The lowest BCUT2D eigenvalue weighted by molar-refractivity contribution is -0.141. The van der Waals surface area contributed by atoms with Crippen LogP contribution in [0.5, 0.6) is 0 Å². The van der Waals surface area contributed by atoms with Crippen LogP contribution in [0.1, 0.15) is 61.4 Å². The molecule has 6 nitrogen and oxygen atoms in total. The van der Waals surface area contributed by atoms with Gasteiger partial charge < -0.3 is 15.0 Å². The summed E-state index contributed by atoms with van der Waals surface area (Å²) in [5.74, 6) is -0.582. The Morgan fingerprint density at radius 2 is 1.71 bits per heavy atom. The molecule has 2 aliphatic rings. The second kappa shape index (κ2) is 12.6. The summed E-state index contributed by atoms with van der Waals surface area (Å²) in [6, 6.07) is 23.3. The molecule has 8 heteroatoms. The molecule has 0 bridgehead atoms. The number of rotatable bonds is 9. The number of allylic oxidation sites excluding steroid dienone is 1. The predicted molar refractivity (Wildman–Crippen MR) is 160 cm³/mol. The Morgan fingerprint density at radius 1 is 1.00 bits per heavy atom. The van der Waals surface area contributed by atoms with Gasteiger partial charge in [-0.2, -0.15) is 0 Å². The van der Waals surface area contributed by atoms with Crippen LogP contribution in [-0.4, -0.2) is 21.9 Å². The topological polar surface area (TPSA) is 71.0 Å². The Kier molecular flexibility index (Phi) is 8.69. The van der Waals surface area contributed by atoms with Gasteiger partial charge in [0.2, 0.25) is 5.91 Å². The summed E-state index contributed by atoms with van der Waals surface area (Å²) >= 11 is 1.43. The van der Waals surface area contributed by atoms with E-state index in [2.05, 4.69) is 31.3 Å². The van der Waals surface area contributed by atoms with E-state index in [-0.39, 0.29) is 31.3 Å². The molecule has 0 saturated heterocycles. The Hall–Kier alpha value is -4.17. The Bertz CT molecular complexity index is 1510. The maximum absolute atomic E-state index is 13.6. The fraction of sp³-hybridized carbons (Fsp3) is 0.242. The van der Waals surface area contributed by atoms with Crippen molar-refractivity contribution in [3.63, 3.8) is 0 Å². The third kappa shape index (κ3) is 6.60. The third-order valence-corrected chi connectivity index (χ3v) is 7.99. The van der Waals surface area contributed by atoms with Crippen LogP contribution in [0.3, 0.4) is 0 Å². The van der Waals surface area contributed by atoms with Crippen molar-refractivity contribution >= 4 is 28.8 Å². The molecule has 3 aromatic carbocycles.